The van der Waals surface area contributed by atoms with E-state index in [1.807, 2.05) is 64.5 Å². The maximum Gasteiger partial charge on any atom is 0.266 e. The molecule has 0 spiro atoms. The molecule has 0 radical (unpaired) electrons. The predicted molar refractivity (Wildman–Crippen MR) is 132 cm³/mol. The Kier molecular flexibility index (Phi) is 6.94. The number of carbonyl (C=O) groups is 1. The molecule has 2 aliphatic rings. The number of likely N-dealkylation sites (tertiary alicyclic amines) is 1. The number of carbonyl (C=O) groups excluding carboxylic acids is 1. The third kappa shape index (κ3) is 5.00. The second kappa shape index (κ2) is 10.4. The van der Waals surface area contributed by atoms with Crippen molar-refractivity contribution in [1.82, 2.24) is 24.7 Å². The lowest BCUT2D eigenvalue weighted by atomic mass is 10.1. The zero-order valence-corrected chi connectivity index (χ0v) is 19.9. The van der Waals surface area contributed by atoms with Gasteiger partial charge in [-0.05, 0) is 55.7 Å². The van der Waals surface area contributed by atoms with Crippen molar-refractivity contribution in [3.63, 3.8) is 0 Å². The molecule has 2 fully saturated rings. The van der Waals surface area contributed by atoms with E-state index in [2.05, 4.69) is 9.99 Å². The summed E-state index contributed by atoms with van der Waals surface area (Å²) in [5.41, 5.74) is 8.62. The number of nitrogens with zero attached hydrogens (tertiary/aromatic N) is 6. The van der Waals surface area contributed by atoms with E-state index in [4.69, 9.17) is 20.3 Å². The Morgan fingerprint density at radius 3 is 2.51 bits per heavy atom. The Balaban J connectivity index is 1.42. The third-order valence-corrected chi connectivity index (χ3v) is 6.37. The van der Waals surface area contributed by atoms with Crippen LogP contribution in [-0.4, -0.2) is 76.8 Å². The number of benzene rings is 2. The first kappa shape index (κ1) is 23.3. The molecule has 35 heavy (non-hydrogen) atoms. The van der Waals surface area contributed by atoms with Crippen molar-refractivity contribution in [3.8, 4) is 5.69 Å². The number of piperidine rings is 1. The minimum absolute atomic E-state index is 0.0683. The van der Waals surface area contributed by atoms with Crippen LogP contribution in [0.5, 0.6) is 0 Å². The molecule has 10 nitrogen and oxygen atoms in total. The van der Waals surface area contributed by atoms with Crippen LogP contribution in [-0.2, 0) is 9.47 Å². The number of hydrogen-bond donors (Lipinski definition) is 1. The number of rotatable bonds is 6. The molecule has 0 saturated carbocycles. The van der Waals surface area contributed by atoms with E-state index in [1.165, 1.54) is 6.42 Å². The lowest BCUT2D eigenvalue weighted by Gasteiger charge is -2.39. The second-order valence-electron chi connectivity index (χ2n) is 8.68. The van der Waals surface area contributed by atoms with E-state index in [9.17, 15) is 4.79 Å². The molecule has 1 unspecified atom stereocenters. The fraction of sp³-hybridized carbons (Fsp3) is 0.400. The number of hydrazine groups is 1. The molecule has 3 aromatic rings. The molecule has 1 amide bonds. The molecular weight excluding hydrogens is 446 g/mol. The standard InChI is InChI=1S/C25H31N7O3/c1-34-22-18-30(16-17-35-22)32(21-8-4-2-5-9-21)25-27-24(26)31(28-25)20-12-10-19(11-13-20)23(33)29-14-6-3-7-15-29/h2,4-5,8-13,22H,3,6-7,14-18H2,1H3,(H2,26,27,28). The van der Waals surface area contributed by atoms with E-state index < -0.39 is 0 Å². The summed E-state index contributed by atoms with van der Waals surface area (Å²) in [6.07, 6.45) is 2.97. The zero-order valence-electron chi connectivity index (χ0n) is 19.9. The monoisotopic (exact) mass is 477 g/mol. The highest BCUT2D eigenvalue weighted by atomic mass is 16.7. The average Bonchev–Trinajstić information content (AvgIpc) is 3.30. The predicted octanol–water partition coefficient (Wildman–Crippen LogP) is 2.83. The van der Waals surface area contributed by atoms with E-state index in [1.54, 1.807) is 11.8 Å². The first-order valence-electron chi connectivity index (χ1n) is 12.0. The van der Waals surface area contributed by atoms with Crippen LogP contribution >= 0.6 is 0 Å². The summed E-state index contributed by atoms with van der Waals surface area (Å²) in [6, 6.07) is 17.3. The van der Waals surface area contributed by atoms with Crippen molar-refractivity contribution in [3.05, 3.63) is 60.2 Å². The van der Waals surface area contributed by atoms with Gasteiger partial charge in [-0.1, -0.05) is 18.2 Å². The Labute approximate surface area is 204 Å². The third-order valence-electron chi connectivity index (χ3n) is 6.37. The first-order valence-corrected chi connectivity index (χ1v) is 12.0. The topological polar surface area (TPSA) is 102 Å². The Morgan fingerprint density at radius 1 is 1.06 bits per heavy atom. The number of hydrogen-bond acceptors (Lipinski definition) is 8. The van der Waals surface area contributed by atoms with E-state index in [-0.39, 0.29) is 18.1 Å². The number of methoxy groups -OCH3 is 1. The Bertz CT molecular complexity index is 1130. The zero-order chi connectivity index (χ0) is 24.2. The van der Waals surface area contributed by atoms with Gasteiger partial charge in [-0.2, -0.15) is 9.67 Å². The normalized spacial score (nSPS) is 19.0. The van der Waals surface area contributed by atoms with Crippen LogP contribution in [0, 0.1) is 0 Å². The van der Waals surface area contributed by atoms with Crippen LogP contribution in [0.1, 0.15) is 29.6 Å². The van der Waals surface area contributed by atoms with Crippen molar-refractivity contribution in [2.45, 2.75) is 25.6 Å². The number of morpholine rings is 1. The Hall–Kier alpha value is -3.47. The molecule has 2 aromatic carbocycles. The van der Waals surface area contributed by atoms with Gasteiger partial charge in [0.2, 0.25) is 5.95 Å². The molecule has 0 aliphatic carbocycles. The molecule has 1 aromatic heterocycles. The van der Waals surface area contributed by atoms with E-state index >= 15 is 0 Å². The number of amides is 1. The molecule has 0 bridgehead atoms. The molecule has 3 heterocycles. The Morgan fingerprint density at radius 2 is 1.80 bits per heavy atom. The smallest absolute Gasteiger partial charge is 0.266 e. The molecule has 2 aliphatic heterocycles. The van der Waals surface area contributed by atoms with Gasteiger partial charge in [-0.15, -0.1) is 5.10 Å². The average molecular weight is 478 g/mol. The minimum Gasteiger partial charge on any atom is -0.368 e. The largest absolute Gasteiger partial charge is 0.368 e. The molecule has 5 rings (SSSR count). The fourth-order valence-corrected chi connectivity index (χ4v) is 4.52. The summed E-state index contributed by atoms with van der Waals surface area (Å²) in [6.45, 7) is 3.33. The minimum atomic E-state index is -0.348. The van der Waals surface area contributed by atoms with Gasteiger partial charge in [-0.25, -0.2) is 10.0 Å². The molecule has 2 N–H and O–H groups in total. The molecule has 10 heteroatoms. The number of nitrogens with two attached hydrogens (primary N) is 1. The number of nitrogen functional groups attached to an aromatic ring is 1. The molecular formula is C25H31N7O3. The summed E-state index contributed by atoms with van der Waals surface area (Å²) in [4.78, 5) is 19.3. The van der Waals surface area contributed by atoms with Crippen molar-refractivity contribution in [2.24, 2.45) is 0 Å². The fourth-order valence-electron chi connectivity index (χ4n) is 4.52. The highest BCUT2D eigenvalue weighted by Crippen LogP contribution is 2.28. The first-order chi connectivity index (χ1) is 17.1. The van der Waals surface area contributed by atoms with Gasteiger partial charge in [0.05, 0.1) is 24.5 Å². The lowest BCUT2D eigenvalue weighted by molar-refractivity contribution is -0.164. The number of aromatic nitrogens is 3. The van der Waals surface area contributed by atoms with Gasteiger partial charge >= 0.3 is 0 Å². The lowest BCUT2D eigenvalue weighted by Crippen LogP contribution is -2.51. The van der Waals surface area contributed by atoms with Crippen LogP contribution in [0.15, 0.2) is 54.6 Å². The van der Waals surface area contributed by atoms with E-state index in [0.717, 1.165) is 37.3 Å². The molecule has 2 saturated heterocycles. The van der Waals surface area contributed by atoms with Crippen molar-refractivity contribution >= 4 is 23.5 Å². The number of anilines is 3. The summed E-state index contributed by atoms with van der Waals surface area (Å²) < 4.78 is 12.7. The highest BCUT2D eigenvalue weighted by Gasteiger charge is 2.29. The number of ether oxygens (including phenoxy) is 2. The van der Waals surface area contributed by atoms with Crippen LogP contribution in [0.2, 0.25) is 0 Å². The van der Waals surface area contributed by atoms with E-state index in [0.29, 0.717) is 31.2 Å². The molecule has 184 valence electrons. The quantitative estimate of drug-likeness (QED) is 0.578. The van der Waals surface area contributed by atoms with Gasteiger partial charge in [0.25, 0.3) is 11.9 Å². The summed E-state index contributed by atoms with van der Waals surface area (Å²) in [5.74, 6) is 0.769. The SMILES string of the molecule is COC1CN(N(c2ccccc2)c2nc(N)n(-c3ccc(C(=O)N4CCCCC4)cc3)n2)CCO1. The van der Waals surface area contributed by atoms with Gasteiger partial charge in [0, 0.05) is 32.3 Å². The maximum absolute atomic E-state index is 12.8. The van der Waals surface area contributed by atoms with Crippen LogP contribution in [0.4, 0.5) is 17.6 Å². The van der Waals surface area contributed by atoms with Crippen LogP contribution in [0.3, 0.4) is 0 Å². The van der Waals surface area contributed by atoms with Gasteiger partial charge < -0.3 is 20.1 Å². The van der Waals surface area contributed by atoms with Crippen molar-refractivity contribution in [1.29, 1.82) is 0 Å². The second-order valence-corrected chi connectivity index (χ2v) is 8.68. The van der Waals surface area contributed by atoms with Crippen molar-refractivity contribution in [2.75, 3.05) is 50.6 Å². The van der Waals surface area contributed by atoms with Gasteiger partial charge in [-0.3, -0.25) is 4.79 Å². The maximum atomic E-state index is 12.8. The summed E-state index contributed by atoms with van der Waals surface area (Å²) >= 11 is 0. The van der Waals surface area contributed by atoms with Crippen LogP contribution in [0.25, 0.3) is 5.69 Å². The van der Waals surface area contributed by atoms with Gasteiger partial charge in [0.15, 0.2) is 6.29 Å². The van der Waals surface area contributed by atoms with Crippen LogP contribution < -0.4 is 10.7 Å². The van der Waals surface area contributed by atoms with Gasteiger partial charge in [0.1, 0.15) is 0 Å². The summed E-state index contributed by atoms with van der Waals surface area (Å²) in [5, 5.41) is 8.76. The highest BCUT2D eigenvalue weighted by molar-refractivity contribution is 5.94. The number of para-hydroxylation sites is 1. The molecule has 1 atom stereocenters. The van der Waals surface area contributed by atoms with Crippen molar-refractivity contribution < 1.29 is 14.3 Å². The summed E-state index contributed by atoms with van der Waals surface area (Å²) in [7, 11) is 1.63.